The number of nitrogens with one attached hydrogen (secondary N) is 2. The second-order valence-corrected chi connectivity index (χ2v) is 14.3. The van der Waals surface area contributed by atoms with Gasteiger partial charge in [-0.15, -0.1) is 11.8 Å². The van der Waals surface area contributed by atoms with Crippen molar-refractivity contribution in [3.8, 4) is 11.5 Å². The van der Waals surface area contributed by atoms with Crippen molar-refractivity contribution >= 4 is 52.2 Å². The van der Waals surface area contributed by atoms with Gasteiger partial charge in [0.1, 0.15) is 17.3 Å². The van der Waals surface area contributed by atoms with Gasteiger partial charge in [-0.25, -0.2) is 4.39 Å². The van der Waals surface area contributed by atoms with E-state index in [-0.39, 0.29) is 69.9 Å². The zero-order valence-electron chi connectivity index (χ0n) is 24.5. The summed E-state index contributed by atoms with van der Waals surface area (Å²) in [7, 11) is 1.57. The Morgan fingerprint density at radius 3 is 2.30 bits per heavy atom. The highest BCUT2D eigenvalue weighted by molar-refractivity contribution is 8.00. The van der Waals surface area contributed by atoms with E-state index in [1.54, 1.807) is 55.3 Å². The molecule has 2 bridgehead atoms. The topological polar surface area (TPSA) is 118 Å². The molecule has 6 unspecified atom stereocenters. The number of nitrogens with zero attached hydrogens (tertiary/aromatic N) is 1. The number of hydrogen-bond acceptors (Lipinski definition) is 8. The number of amides is 3. The third kappa shape index (κ3) is 4.65. The second kappa shape index (κ2) is 11.1. The smallest absolute Gasteiger partial charge is 0.305 e. The number of carbonyl (C=O) groups is 3. The molecule has 1 aromatic heterocycles. The molecule has 7 atom stereocenters. The first-order chi connectivity index (χ1) is 22.3. The normalized spacial score (nSPS) is 27.3. The molecule has 1 saturated heterocycles. The SMILES string of the molecule is COc1ccc(N2C(=O)C3C4CC(C3C2=O)C2C4Sc3[nH]c(=O)sc3[C@@H]2c2ccc(OCC(=O)Nc3ccc(F)cc3)cc2)cc1. The number of imide groups is 1. The summed E-state index contributed by atoms with van der Waals surface area (Å²) in [5.74, 6) is -0.726. The number of halogens is 1. The van der Waals surface area contributed by atoms with Crippen LogP contribution in [0.2, 0.25) is 0 Å². The predicted molar refractivity (Wildman–Crippen MR) is 171 cm³/mol. The van der Waals surface area contributed by atoms with E-state index in [9.17, 15) is 23.6 Å². The lowest BCUT2D eigenvalue weighted by molar-refractivity contribution is -0.123. The lowest BCUT2D eigenvalue weighted by Gasteiger charge is -2.43. The summed E-state index contributed by atoms with van der Waals surface area (Å²) in [6, 6.07) is 20.0. The largest absolute Gasteiger partial charge is 0.497 e. The minimum atomic E-state index is -0.400. The van der Waals surface area contributed by atoms with Crippen LogP contribution in [-0.4, -0.2) is 41.7 Å². The van der Waals surface area contributed by atoms with Crippen molar-refractivity contribution in [1.82, 2.24) is 4.98 Å². The fourth-order valence-corrected chi connectivity index (χ4v) is 10.9. The Balaban J connectivity index is 1.05. The number of carbonyl (C=O) groups excluding carboxylic acids is 3. The number of anilines is 2. The zero-order chi connectivity index (χ0) is 31.7. The highest BCUT2D eigenvalue weighted by Gasteiger charge is 2.69. The maximum atomic E-state index is 14.0. The number of rotatable bonds is 7. The summed E-state index contributed by atoms with van der Waals surface area (Å²) in [5, 5.41) is 3.59. The van der Waals surface area contributed by atoms with Crippen molar-refractivity contribution < 1.29 is 28.2 Å². The first-order valence-electron chi connectivity index (χ1n) is 15.0. The van der Waals surface area contributed by atoms with Gasteiger partial charge in [0.2, 0.25) is 11.8 Å². The quantitative estimate of drug-likeness (QED) is 0.260. The second-order valence-electron chi connectivity index (χ2n) is 12.1. The van der Waals surface area contributed by atoms with E-state index in [0.717, 1.165) is 21.9 Å². The first kappa shape index (κ1) is 29.0. The maximum Gasteiger partial charge on any atom is 0.305 e. The van der Waals surface area contributed by atoms with Crippen LogP contribution in [-0.2, 0) is 14.4 Å². The van der Waals surface area contributed by atoms with E-state index in [0.29, 0.717) is 22.9 Å². The molecule has 4 aromatic rings. The molecule has 234 valence electrons. The molecule has 3 fully saturated rings. The van der Waals surface area contributed by atoms with Crippen LogP contribution >= 0.6 is 23.1 Å². The average molecular weight is 658 g/mol. The molecule has 2 saturated carbocycles. The van der Waals surface area contributed by atoms with Crippen LogP contribution in [0.15, 0.2) is 82.6 Å². The molecule has 4 aliphatic rings. The fraction of sp³-hybridized carbons (Fsp3) is 0.294. The van der Waals surface area contributed by atoms with Crippen LogP contribution in [0.25, 0.3) is 0 Å². The molecule has 9 nitrogen and oxygen atoms in total. The maximum absolute atomic E-state index is 14.0. The lowest BCUT2D eigenvalue weighted by atomic mass is 9.68. The number of aromatic amines is 1. The van der Waals surface area contributed by atoms with E-state index >= 15 is 0 Å². The van der Waals surface area contributed by atoms with Gasteiger partial charge in [0.25, 0.3) is 5.91 Å². The first-order valence-corrected chi connectivity index (χ1v) is 16.7. The number of thioether (sulfide) groups is 1. The summed E-state index contributed by atoms with van der Waals surface area (Å²) < 4.78 is 24.1. The Labute approximate surface area is 271 Å². The molecular weight excluding hydrogens is 630 g/mol. The van der Waals surface area contributed by atoms with Gasteiger partial charge < -0.3 is 19.8 Å². The number of aromatic nitrogens is 1. The van der Waals surface area contributed by atoms with Crippen LogP contribution < -0.4 is 24.6 Å². The summed E-state index contributed by atoms with van der Waals surface area (Å²) >= 11 is 2.85. The van der Waals surface area contributed by atoms with E-state index in [2.05, 4.69) is 10.3 Å². The molecule has 3 heterocycles. The predicted octanol–water partition coefficient (Wildman–Crippen LogP) is 5.28. The third-order valence-corrected chi connectivity index (χ3v) is 12.4. The summed E-state index contributed by atoms with van der Waals surface area (Å²) in [4.78, 5) is 58.0. The number of thiazole rings is 1. The summed E-state index contributed by atoms with van der Waals surface area (Å²) in [6.45, 7) is -0.223. The molecule has 8 rings (SSSR count). The van der Waals surface area contributed by atoms with Crippen molar-refractivity contribution in [2.75, 3.05) is 23.9 Å². The van der Waals surface area contributed by atoms with Crippen LogP contribution in [0, 0.1) is 35.4 Å². The zero-order valence-corrected chi connectivity index (χ0v) is 26.1. The van der Waals surface area contributed by atoms with Crippen molar-refractivity contribution in [1.29, 1.82) is 0 Å². The number of hydrogen-bond donors (Lipinski definition) is 2. The Kier molecular flexibility index (Phi) is 7.02. The van der Waals surface area contributed by atoms with E-state index < -0.39 is 5.92 Å². The van der Waals surface area contributed by atoms with Gasteiger partial charge in [-0.3, -0.25) is 24.1 Å². The van der Waals surface area contributed by atoms with Gasteiger partial charge in [-0.2, -0.15) is 0 Å². The van der Waals surface area contributed by atoms with E-state index in [1.807, 2.05) is 12.1 Å². The molecule has 0 radical (unpaired) electrons. The Morgan fingerprint density at radius 1 is 0.935 bits per heavy atom. The van der Waals surface area contributed by atoms with Gasteiger partial charge in [-0.1, -0.05) is 23.5 Å². The van der Waals surface area contributed by atoms with E-state index in [4.69, 9.17) is 9.47 Å². The van der Waals surface area contributed by atoms with Gasteiger partial charge >= 0.3 is 4.87 Å². The van der Waals surface area contributed by atoms with Crippen molar-refractivity contribution in [3.63, 3.8) is 0 Å². The van der Waals surface area contributed by atoms with Crippen molar-refractivity contribution in [3.05, 3.63) is 98.7 Å². The van der Waals surface area contributed by atoms with Crippen LogP contribution in [0.4, 0.5) is 15.8 Å². The molecule has 2 N–H and O–H groups in total. The Bertz CT molecular complexity index is 1910. The van der Waals surface area contributed by atoms with Crippen LogP contribution in [0.3, 0.4) is 0 Å². The summed E-state index contributed by atoms with van der Waals surface area (Å²) in [5.41, 5.74) is 2.02. The molecule has 12 heteroatoms. The minimum absolute atomic E-state index is 0.00589. The van der Waals surface area contributed by atoms with Gasteiger partial charge in [-0.05, 0) is 90.4 Å². The number of benzene rings is 3. The van der Waals surface area contributed by atoms with Gasteiger partial charge in [0.15, 0.2) is 6.61 Å². The highest BCUT2D eigenvalue weighted by Crippen LogP contribution is 2.68. The monoisotopic (exact) mass is 657 g/mol. The van der Waals surface area contributed by atoms with Crippen LogP contribution in [0.1, 0.15) is 22.8 Å². The van der Waals surface area contributed by atoms with E-state index in [1.165, 1.54) is 40.5 Å². The molecule has 46 heavy (non-hydrogen) atoms. The number of ether oxygens (including phenoxy) is 2. The van der Waals surface area contributed by atoms with Crippen LogP contribution in [0.5, 0.6) is 11.5 Å². The van der Waals surface area contributed by atoms with Crippen molar-refractivity contribution in [2.45, 2.75) is 22.6 Å². The molecular formula is C34H28FN3O6S2. The Morgan fingerprint density at radius 2 is 1.61 bits per heavy atom. The molecule has 2 aliphatic heterocycles. The lowest BCUT2D eigenvalue weighted by Crippen LogP contribution is -2.42. The fourth-order valence-electron chi connectivity index (χ4n) is 8.03. The number of H-pyrrole nitrogens is 1. The molecule has 3 amide bonds. The molecule has 2 aliphatic carbocycles. The van der Waals surface area contributed by atoms with Gasteiger partial charge in [0.05, 0.1) is 29.7 Å². The standard InChI is InChI=1S/C34H28FN3O6S2/c1-43-20-12-8-19(9-13-20)38-32(40)27-22-14-23(28(27)33(38)41)29-26(22)25(30-31(45-29)37-34(42)46-30)16-2-10-21(11-3-16)44-15-24(39)36-18-6-4-17(35)5-7-18/h2-13,22-23,25-29H,14-15H2,1H3,(H,36,39)(H,37,42)/t22?,23?,25-,26?,27?,28?,29?/m1/s1. The highest BCUT2D eigenvalue weighted by atomic mass is 32.2. The average Bonchev–Trinajstić information content (AvgIpc) is 3.80. The molecule has 3 aromatic carbocycles. The minimum Gasteiger partial charge on any atom is -0.497 e. The van der Waals surface area contributed by atoms with Crippen molar-refractivity contribution in [2.24, 2.45) is 29.6 Å². The number of methoxy groups -OCH3 is 1. The Hall–Kier alpha value is -4.42. The number of fused-ring (bicyclic) bond motifs is 9. The van der Waals surface area contributed by atoms with Gasteiger partial charge in [0, 0.05) is 21.7 Å². The summed E-state index contributed by atoms with van der Waals surface area (Å²) in [6.07, 6.45) is 0.797. The third-order valence-electron chi connectivity index (χ3n) is 9.79. The molecule has 0 spiro atoms.